The summed E-state index contributed by atoms with van der Waals surface area (Å²) >= 11 is 3.46. The van der Waals surface area contributed by atoms with Gasteiger partial charge in [-0.2, -0.15) is 0 Å². The zero-order valence-electron chi connectivity index (χ0n) is 10.2. The average Bonchev–Trinajstić information content (AvgIpc) is 3.15. The summed E-state index contributed by atoms with van der Waals surface area (Å²) in [6, 6.07) is 0. The lowest BCUT2D eigenvalue weighted by atomic mass is 10.2. The van der Waals surface area contributed by atoms with Gasteiger partial charge in [0, 0.05) is 19.9 Å². The van der Waals surface area contributed by atoms with Crippen molar-refractivity contribution in [2.75, 3.05) is 19.0 Å². The number of rotatable bonds is 6. The summed E-state index contributed by atoms with van der Waals surface area (Å²) in [6.45, 7) is 3.04. The molecule has 0 bridgehead atoms. The van der Waals surface area contributed by atoms with Crippen LogP contribution in [0.4, 0.5) is 5.82 Å². The van der Waals surface area contributed by atoms with Crippen molar-refractivity contribution in [1.82, 2.24) is 9.97 Å². The molecular weight excluding hydrogens is 282 g/mol. The van der Waals surface area contributed by atoms with Crippen molar-refractivity contribution in [3.8, 4) is 0 Å². The quantitative estimate of drug-likeness (QED) is 0.876. The third-order valence-electron chi connectivity index (χ3n) is 2.86. The van der Waals surface area contributed by atoms with Gasteiger partial charge in [-0.15, -0.1) is 0 Å². The number of nitrogens with zero attached hydrogens (tertiary/aromatic N) is 2. The van der Waals surface area contributed by atoms with Crippen LogP contribution < -0.4 is 5.32 Å². The van der Waals surface area contributed by atoms with Crippen LogP contribution in [0.15, 0.2) is 10.7 Å². The molecule has 1 N–H and O–H groups in total. The maximum atomic E-state index is 5.49. The van der Waals surface area contributed by atoms with Crippen molar-refractivity contribution in [2.24, 2.45) is 5.92 Å². The monoisotopic (exact) mass is 299 g/mol. The lowest BCUT2D eigenvalue weighted by molar-refractivity contribution is 0.0773. The second-order valence-electron chi connectivity index (χ2n) is 4.35. The topological polar surface area (TPSA) is 47.0 Å². The Morgan fingerprint density at radius 1 is 1.59 bits per heavy atom. The van der Waals surface area contributed by atoms with E-state index in [2.05, 4.69) is 38.1 Å². The van der Waals surface area contributed by atoms with Gasteiger partial charge in [0.15, 0.2) is 5.82 Å². The molecule has 0 saturated heterocycles. The van der Waals surface area contributed by atoms with Gasteiger partial charge in [0.2, 0.25) is 0 Å². The molecule has 0 aliphatic heterocycles. The normalized spacial score (nSPS) is 16.9. The molecule has 1 aliphatic rings. The molecule has 0 spiro atoms. The van der Waals surface area contributed by atoms with E-state index in [1.165, 1.54) is 12.8 Å². The van der Waals surface area contributed by atoms with Crippen molar-refractivity contribution in [3.63, 3.8) is 0 Å². The molecule has 94 valence electrons. The number of hydrogen-bond donors (Lipinski definition) is 1. The summed E-state index contributed by atoms with van der Waals surface area (Å²) in [5, 5.41) is 3.29. The van der Waals surface area contributed by atoms with E-state index in [9.17, 15) is 0 Å². The highest BCUT2D eigenvalue weighted by molar-refractivity contribution is 9.10. The maximum absolute atomic E-state index is 5.49. The fourth-order valence-corrected chi connectivity index (χ4v) is 2.12. The van der Waals surface area contributed by atoms with Crippen molar-refractivity contribution in [2.45, 2.75) is 32.3 Å². The van der Waals surface area contributed by atoms with Crippen LogP contribution in [-0.4, -0.2) is 23.6 Å². The van der Waals surface area contributed by atoms with E-state index < -0.39 is 0 Å². The Morgan fingerprint density at radius 2 is 2.35 bits per heavy atom. The molecule has 0 radical (unpaired) electrons. The molecule has 1 atom stereocenters. The van der Waals surface area contributed by atoms with Gasteiger partial charge in [0.1, 0.15) is 11.9 Å². The van der Waals surface area contributed by atoms with Gasteiger partial charge in [-0.25, -0.2) is 9.97 Å². The Bertz CT molecular complexity index is 382. The number of anilines is 1. The van der Waals surface area contributed by atoms with E-state index in [0.29, 0.717) is 5.92 Å². The van der Waals surface area contributed by atoms with Crippen LogP contribution in [0, 0.1) is 5.92 Å². The molecule has 1 fully saturated rings. The molecule has 1 saturated carbocycles. The third-order valence-corrected chi connectivity index (χ3v) is 3.44. The molecule has 4 nitrogen and oxygen atoms in total. The minimum absolute atomic E-state index is 0.0466. The number of nitrogens with one attached hydrogen (secondary N) is 1. The summed E-state index contributed by atoms with van der Waals surface area (Å²) in [5.41, 5.74) is 0. The van der Waals surface area contributed by atoms with Gasteiger partial charge in [-0.05, 0) is 41.1 Å². The second kappa shape index (κ2) is 5.78. The molecule has 2 rings (SSSR count). The fourth-order valence-electron chi connectivity index (χ4n) is 1.79. The van der Waals surface area contributed by atoms with Gasteiger partial charge < -0.3 is 10.1 Å². The largest absolute Gasteiger partial charge is 0.373 e. The summed E-state index contributed by atoms with van der Waals surface area (Å²) in [7, 11) is 1.73. The smallest absolute Gasteiger partial charge is 0.159 e. The Morgan fingerprint density at radius 3 is 2.94 bits per heavy atom. The van der Waals surface area contributed by atoms with Crippen LogP contribution in [0.3, 0.4) is 0 Å². The maximum Gasteiger partial charge on any atom is 0.159 e. The lowest BCUT2D eigenvalue weighted by Gasteiger charge is -2.14. The fraction of sp³-hybridized carbons (Fsp3) is 0.667. The minimum atomic E-state index is 0.0466. The predicted molar refractivity (Wildman–Crippen MR) is 71.0 cm³/mol. The van der Waals surface area contributed by atoms with E-state index in [0.717, 1.165) is 29.1 Å². The molecule has 0 amide bonds. The van der Waals surface area contributed by atoms with Crippen molar-refractivity contribution in [3.05, 3.63) is 16.5 Å². The molecule has 0 aromatic carbocycles. The van der Waals surface area contributed by atoms with Gasteiger partial charge >= 0.3 is 0 Å². The Labute approximate surface area is 110 Å². The standard InChI is InChI=1S/C12H18BrN3O/c1-3-6-14-11-9(13)7-15-12(16-11)10(17-2)8-4-5-8/h7-8,10H,3-6H2,1-2H3,(H,14,15,16). The first-order chi connectivity index (χ1) is 8.26. The molecule has 1 aromatic rings. The molecule has 1 heterocycles. The summed E-state index contributed by atoms with van der Waals surface area (Å²) in [6.07, 6.45) is 5.35. The number of methoxy groups -OCH3 is 1. The third kappa shape index (κ3) is 3.16. The van der Waals surface area contributed by atoms with Crippen molar-refractivity contribution >= 4 is 21.7 Å². The van der Waals surface area contributed by atoms with Crippen molar-refractivity contribution in [1.29, 1.82) is 0 Å². The lowest BCUT2D eigenvalue weighted by Crippen LogP contribution is -2.11. The minimum Gasteiger partial charge on any atom is -0.373 e. The van der Waals surface area contributed by atoms with E-state index in [1.807, 2.05) is 0 Å². The first-order valence-corrected chi connectivity index (χ1v) is 6.84. The molecule has 5 heteroatoms. The van der Waals surface area contributed by atoms with E-state index >= 15 is 0 Å². The van der Waals surface area contributed by atoms with E-state index in [4.69, 9.17) is 4.74 Å². The highest BCUT2D eigenvalue weighted by Crippen LogP contribution is 2.42. The van der Waals surface area contributed by atoms with Gasteiger partial charge in [0.25, 0.3) is 0 Å². The van der Waals surface area contributed by atoms with Crippen LogP contribution in [0.25, 0.3) is 0 Å². The first kappa shape index (κ1) is 12.8. The summed E-state index contributed by atoms with van der Waals surface area (Å²) in [5.74, 6) is 2.25. The van der Waals surface area contributed by atoms with Gasteiger partial charge in [0.05, 0.1) is 4.47 Å². The molecule has 1 aromatic heterocycles. The second-order valence-corrected chi connectivity index (χ2v) is 5.20. The zero-order valence-corrected chi connectivity index (χ0v) is 11.8. The van der Waals surface area contributed by atoms with Crippen LogP contribution in [0.1, 0.15) is 38.1 Å². The van der Waals surface area contributed by atoms with Crippen LogP contribution in [-0.2, 0) is 4.74 Å². The summed E-state index contributed by atoms with van der Waals surface area (Å²) < 4.78 is 6.39. The highest BCUT2D eigenvalue weighted by Gasteiger charge is 2.34. The molecule has 1 unspecified atom stereocenters. The number of aromatic nitrogens is 2. The average molecular weight is 300 g/mol. The van der Waals surface area contributed by atoms with Gasteiger partial charge in [-0.1, -0.05) is 6.92 Å². The number of halogens is 1. The van der Waals surface area contributed by atoms with Crippen LogP contribution >= 0.6 is 15.9 Å². The van der Waals surface area contributed by atoms with Gasteiger partial charge in [-0.3, -0.25) is 0 Å². The van der Waals surface area contributed by atoms with E-state index in [1.54, 1.807) is 13.3 Å². The zero-order chi connectivity index (χ0) is 12.3. The Balaban J connectivity index is 2.16. The first-order valence-electron chi connectivity index (χ1n) is 6.05. The van der Waals surface area contributed by atoms with E-state index in [-0.39, 0.29) is 6.10 Å². The SMILES string of the molecule is CCCNc1nc(C(OC)C2CC2)ncc1Br. The number of hydrogen-bond acceptors (Lipinski definition) is 4. The molecular formula is C12H18BrN3O. The molecule has 1 aliphatic carbocycles. The van der Waals surface area contributed by atoms with Crippen LogP contribution in [0.2, 0.25) is 0 Å². The predicted octanol–water partition coefficient (Wildman–Crippen LogP) is 3.16. The highest BCUT2D eigenvalue weighted by atomic mass is 79.9. The number of ether oxygens (including phenoxy) is 1. The summed E-state index contributed by atoms with van der Waals surface area (Å²) in [4.78, 5) is 8.90. The Kier molecular flexibility index (Phi) is 4.34. The molecule has 17 heavy (non-hydrogen) atoms. The Hall–Kier alpha value is -0.680. The van der Waals surface area contributed by atoms with Crippen molar-refractivity contribution < 1.29 is 4.74 Å². The van der Waals surface area contributed by atoms with Crippen LogP contribution in [0.5, 0.6) is 0 Å².